The maximum Gasteiger partial charge on any atom is 0.407 e. The van der Waals surface area contributed by atoms with Crippen molar-refractivity contribution >= 4 is 35.4 Å². The predicted molar refractivity (Wildman–Crippen MR) is 172 cm³/mol. The Bertz CT molecular complexity index is 1580. The number of rotatable bonds is 10. The van der Waals surface area contributed by atoms with Gasteiger partial charge in [-0.2, -0.15) is 0 Å². The van der Waals surface area contributed by atoms with Gasteiger partial charge in [-0.3, -0.25) is 9.59 Å². The number of ether oxygens (including phenoxy) is 3. The van der Waals surface area contributed by atoms with Crippen LogP contribution in [0.15, 0.2) is 66.2 Å². The van der Waals surface area contributed by atoms with Gasteiger partial charge in [0.25, 0.3) is 11.8 Å². The van der Waals surface area contributed by atoms with Gasteiger partial charge in [-0.1, -0.05) is 36.4 Å². The Kier molecular flexibility index (Phi) is 10.4. The Morgan fingerprint density at radius 1 is 0.956 bits per heavy atom. The maximum atomic E-state index is 13.4. The van der Waals surface area contributed by atoms with Crippen LogP contribution in [0.5, 0.6) is 11.5 Å². The third kappa shape index (κ3) is 8.54. The molecule has 0 bridgehead atoms. The molecule has 0 aliphatic carbocycles. The minimum atomic E-state index is -1.27. The first-order valence-electron chi connectivity index (χ1n) is 14.6. The molecule has 2 unspecified atom stereocenters. The number of hydrogen-bond acceptors (Lipinski definition) is 8. The van der Waals surface area contributed by atoms with Crippen molar-refractivity contribution in [2.24, 2.45) is 0 Å². The van der Waals surface area contributed by atoms with E-state index in [9.17, 15) is 19.5 Å². The molecule has 11 heteroatoms. The number of alkyl carbamates (subject to hydrolysis) is 1. The largest absolute Gasteiger partial charge is 0.493 e. The summed E-state index contributed by atoms with van der Waals surface area (Å²) in [5.74, 6) is 0.0721. The zero-order chi connectivity index (χ0) is 32.7. The fourth-order valence-electron chi connectivity index (χ4n) is 4.77. The van der Waals surface area contributed by atoms with Crippen LogP contribution in [-0.2, 0) is 9.53 Å². The van der Waals surface area contributed by atoms with E-state index in [-0.39, 0.29) is 18.0 Å². The van der Waals surface area contributed by atoms with Gasteiger partial charge in [-0.05, 0) is 69.5 Å². The second kappa shape index (κ2) is 14.2. The van der Waals surface area contributed by atoms with Crippen LogP contribution in [0.2, 0.25) is 0 Å². The Balaban J connectivity index is 1.49. The number of amides is 3. The van der Waals surface area contributed by atoms with Crippen molar-refractivity contribution in [3.8, 4) is 11.5 Å². The minimum absolute atomic E-state index is 0.0885. The third-order valence-corrected chi connectivity index (χ3v) is 7.07. The molecular formula is C34H40N4O7. The van der Waals surface area contributed by atoms with Crippen LogP contribution in [0.1, 0.15) is 60.3 Å². The second-order valence-electron chi connectivity index (χ2n) is 11.6. The van der Waals surface area contributed by atoms with E-state index in [0.717, 1.165) is 11.1 Å². The zero-order valence-corrected chi connectivity index (χ0v) is 26.3. The lowest BCUT2D eigenvalue weighted by Gasteiger charge is -2.25. The molecule has 238 valence electrons. The number of aryl methyl sites for hydroxylation is 1. The Morgan fingerprint density at radius 3 is 2.31 bits per heavy atom. The first kappa shape index (κ1) is 32.9. The number of fused-ring (bicyclic) bond motifs is 1. The van der Waals surface area contributed by atoms with Crippen molar-refractivity contribution in [2.45, 2.75) is 52.0 Å². The second-order valence-corrected chi connectivity index (χ2v) is 11.6. The number of methoxy groups -OCH3 is 2. The van der Waals surface area contributed by atoms with Crippen LogP contribution in [0.25, 0.3) is 6.08 Å². The molecule has 1 aliphatic heterocycles. The molecule has 0 spiro atoms. The highest BCUT2D eigenvalue weighted by molar-refractivity contribution is 6.10. The lowest BCUT2D eigenvalue weighted by Crippen LogP contribution is -2.35. The number of nitrogens with one attached hydrogen (secondary N) is 4. The summed E-state index contributed by atoms with van der Waals surface area (Å²) in [4.78, 5) is 38.9. The zero-order valence-electron chi connectivity index (χ0n) is 26.3. The molecule has 0 aromatic heterocycles. The summed E-state index contributed by atoms with van der Waals surface area (Å²) in [5, 5.41) is 22.3. The van der Waals surface area contributed by atoms with Crippen LogP contribution in [-0.4, -0.2) is 55.6 Å². The molecule has 1 aliphatic rings. The highest BCUT2D eigenvalue weighted by Crippen LogP contribution is 2.37. The first-order valence-corrected chi connectivity index (χ1v) is 14.6. The number of anilines is 2. The summed E-state index contributed by atoms with van der Waals surface area (Å²) >= 11 is 0. The van der Waals surface area contributed by atoms with Gasteiger partial charge in [0.1, 0.15) is 5.60 Å². The van der Waals surface area contributed by atoms with Crippen molar-refractivity contribution in [2.75, 3.05) is 31.4 Å². The van der Waals surface area contributed by atoms with Gasteiger partial charge >= 0.3 is 6.09 Å². The molecule has 2 atom stereocenters. The van der Waals surface area contributed by atoms with Gasteiger partial charge in [0, 0.05) is 35.1 Å². The van der Waals surface area contributed by atoms with E-state index in [2.05, 4.69) is 21.3 Å². The van der Waals surface area contributed by atoms with Crippen molar-refractivity contribution < 1.29 is 33.7 Å². The van der Waals surface area contributed by atoms with E-state index in [1.165, 1.54) is 14.2 Å². The number of benzene rings is 3. The van der Waals surface area contributed by atoms with Crippen molar-refractivity contribution in [1.29, 1.82) is 0 Å². The maximum absolute atomic E-state index is 13.4. The van der Waals surface area contributed by atoms with E-state index in [4.69, 9.17) is 14.2 Å². The molecule has 3 amide bonds. The van der Waals surface area contributed by atoms with Crippen LogP contribution in [0, 0.1) is 6.92 Å². The monoisotopic (exact) mass is 616 g/mol. The van der Waals surface area contributed by atoms with E-state index in [0.29, 0.717) is 40.4 Å². The van der Waals surface area contributed by atoms with Gasteiger partial charge in [0.2, 0.25) is 0 Å². The number of hydrogen-bond donors (Lipinski definition) is 5. The van der Waals surface area contributed by atoms with Crippen molar-refractivity contribution in [3.63, 3.8) is 0 Å². The van der Waals surface area contributed by atoms with E-state index >= 15 is 0 Å². The average Bonchev–Trinajstić information content (AvgIpc) is 3.00. The molecule has 0 saturated heterocycles. The van der Waals surface area contributed by atoms with Crippen LogP contribution in [0.3, 0.4) is 0 Å². The van der Waals surface area contributed by atoms with Gasteiger partial charge in [-0.15, -0.1) is 0 Å². The molecule has 0 radical (unpaired) electrons. The smallest absolute Gasteiger partial charge is 0.407 e. The summed E-state index contributed by atoms with van der Waals surface area (Å²) in [6, 6.07) is 17.4. The minimum Gasteiger partial charge on any atom is -0.493 e. The molecule has 1 heterocycles. The summed E-state index contributed by atoms with van der Waals surface area (Å²) in [6.45, 7) is 7.45. The normalized spacial score (nSPS) is 14.6. The SMILES string of the molecule is COc1cc2c(cc1OC)NC(O)C(C(=O)Nc1cc(C(=O)NC(CCNC(=O)OC(C)(C)C)c3ccccc3)ccc1C)=C2. The summed E-state index contributed by atoms with van der Waals surface area (Å²) < 4.78 is 16.0. The predicted octanol–water partition coefficient (Wildman–Crippen LogP) is 5.16. The molecule has 5 N–H and O–H groups in total. The topological polar surface area (TPSA) is 147 Å². The highest BCUT2D eigenvalue weighted by Gasteiger charge is 2.26. The summed E-state index contributed by atoms with van der Waals surface area (Å²) in [5.41, 5.74) is 3.04. The molecule has 4 rings (SSSR count). The van der Waals surface area contributed by atoms with Crippen LogP contribution < -0.4 is 30.7 Å². The Morgan fingerprint density at radius 2 is 1.64 bits per heavy atom. The first-order chi connectivity index (χ1) is 21.4. The molecule has 45 heavy (non-hydrogen) atoms. The molecule has 0 saturated carbocycles. The quantitative estimate of drug-likeness (QED) is 0.210. The van der Waals surface area contributed by atoms with Gasteiger partial charge in [0.15, 0.2) is 17.7 Å². The third-order valence-electron chi connectivity index (χ3n) is 7.07. The van der Waals surface area contributed by atoms with Crippen molar-refractivity contribution in [3.05, 3.63) is 88.5 Å². The molecule has 0 fully saturated rings. The molecule has 3 aromatic rings. The van der Waals surface area contributed by atoms with Crippen molar-refractivity contribution in [1.82, 2.24) is 10.6 Å². The lowest BCUT2D eigenvalue weighted by atomic mass is 10.0. The number of aliphatic hydroxyl groups excluding tert-OH is 1. The van der Waals surface area contributed by atoms with Gasteiger partial charge in [-0.25, -0.2) is 4.79 Å². The van der Waals surface area contributed by atoms with E-state index in [1.807, 2.05) is 37.3 Å². The standard InChI is InChI=1S/C34H40N4O7/c1-20-12-13-22(30(39)36-25(21-10-8-7-9-11-21)14-15-35-33(42)45-34(2,3)4)17-26(20)37-31(40)24-16-23-18-28(43-5)29(44-6)19-27(23)38-32(24)41/h7-13,16-19,25,32,38,41H,14-15H2,1-6H3,(H,35,42)(H,36,39)(H,37,40). The highest BCUT2D eigenvalue weighted by atomic mass is 16.6. The number of carbonyl (C=O) groups is 3. The fraction of sp³-hybridized carbons (Fsp3) is 0.324. The molecule has 11 nitrogen and oxygen atoms in total. The average molecular weight is 617 g/mol. The van der Waals surface area contributed by atoms with Gasteiger partial charge < -0.3 is 40.6 Å². The van der Waals surface area contributed by atoms with E-state index < -0.39 is 29.9 Å². The number of carbonyl (C=O) groups excluding carboxylic acids is 3. The summed E-state index contributed by atoms with van der Waals surface area (Å²) in [6.07, 6.45) is 0.190. The Hall–Kier alpha value is -5.03. The van der Waals surface area contributed by atoms with Gasteiger partial charge in [0.05, 0.1) is 25.8 Å². The fourth-order valence-corrected chi connectivity index (χ4v) is 4.77. The van der Waals surface area contributed by atoms with Crippen LogP contribution in [0.4, 0.5) is 16.2 Å². The Labute approximate surface area is 263 Å². The molecular weight excluding hydrogens is 576 g/mol. The van der Waals surface area contributed by atoms with Crippen LogP contribution >= 0.6 is 0 Å². The summed E-state index contributed by atoms with van der Waals surface area (Å²) in [7, 11) is 3.03. The van der Waals surface area contributed by atoms with E-state index in [1.54, 1.807) is 57.2 Å². The lowest BCUT2D eigenvalue weighted by molar-refractivity contribution is -0.113. The molecule has 3 aromatic carbocycles. The number of aliphatic hydroxyl groups is 1.